The van der Waals surface area contributed by atoms with Gasteiger partial charge in [0.1, 0.15) is 10.5 Å². The molecule has 1 rings (SSSR count). The van der Waals surface area contributed by atoms with E-state index in [4.69, 9.17) is 4.43 Å². The Balaban J connectivity index is 2.51. The molecule has 0 aromatic carbocycles. The standard InChI is InChI=1S/C10H22OSi/c1-3-10(2,11-12)9-7-5-4-6-8-9/h9H,3-8H2,1-2,12H3. The summed E-state index contributed by atoms with van der Waals surface area (Å²) in [5.74, 6) is 0.841. The first-order valence-corrected chi connectivity index (χ1v) is 6.09. The van der Waals surface area contributed by atoms with E-state index in [1.807, 2.05) is 0 Å². The first kappa shape index (κ1) is 10.3. The molecule has 1 unspecified atom stereocenters. The van der Waals surface area contributed by atoms with Gasteiger partial charge in [0.15, 0.2) is 0 Å². The summed E-state index contributed by atoms with van der Waals surface area (Å²) in [7, 11) is 0.890. The van der Waals surface area contributed by atoms with Crippen molar-refractivity contribution in [3.05, 3.63) is 0 Å². The van der Waals surface area contributed by atoms with Crippen molar-refractivity contribution >= 4 is 10.5 Å². The highest BCUT2D eigenvalue weighted by Crippen LogP contribution is 2.36. The highest BCUT2D eigenvalue weighted by atomic mass is 28.2. The molecule has 0 aromatic rings. The summed E-state index contributed by atoms with van der Waals surface area (Å²) >= 11 is 0. The Kier molecular flexibility index (Phi) is 3.78. The van der Waals surface area contributed by atoms with Crippen molar-refractivity contribution in [2.45, 2.75) is 58.0 Å². The van der Waals surface area contributed by atoms with Gasteiger partial charge in [-0.25, -0.2) is 0 Å². The van der Waals surface area contributed by atoms with Crippen LogP contribution in [-0.2, 0) is 4.43 Å². The van der Waals surface area contributed by atoms with E-state index in [-0.39, 0.29) is 5.60 Å². The van der Waals surface area contributed by atoms with Crippen LogP contribution in [0.4, 0.5) is 0 Å². The fourth-order valence-electron chi connectivity index (χ4n) is 2.31. The van der Waals surface area contributed by atoms with Crippen LogP contribution in [0.3, 0.4) is 0 Å². The Labute approximate surface area is 79.4 Å². The normalized spacial score (nSPS) is 25.5. The number of rotatable bonds is 3. The van der Waals surface area contributed by atoms with Crippen molar-refractivity contribution in [1.82, 2.24) is 0 Å². The third-order valence-electron chi connectivity index (χ3n) is 3.64. The van der Waals surface area contributed by atoms with Gasteiger partial charge in [0.25, 0.3) is 0 Å². The molecule has 1 fully saturated rings. The van der Waals surface area contributed by atoms with Crippen molar-refractivity contribution in [2.75, 3.05) is 0 Å². The van der Waals surface area contributed by atoms with Crippen LogP contribution < -0.4 is 0 Å². The van der Waals surface area contributed by atoms with Crippen molar-refractivity contribution in [1.29, 1.82) is 0 Å². The van der Waals surface area contributed by atoms with Gasteiger partial charge in [0.05, 0.1) is 5.60 Å². The van der Waals surface area contributed by atoms with Gasteiger partial charge >= 0.3 is 0 Å². The van der Waals surface area contributed by atoms with Gasteiger partial charge in [0.2, 0.25) is 0 Å². The van der Waals surface area contributed by atoms with Crippen LogP contribution in [0.25, 0.3) is 0 Å². The predicted octanol–water partition coefficient (Wildman–Crippen LogP) is 2.03. The number of hydrogen-bond donors (Lipinski definition) is 0. The van der Waals surface area contributed by atoms with Crippen LogP contribution in [0, 0.1) is 5.92 Å². The lowest BCUT2D eigenvalue weighted by Crippen LogP contribution is -2.37. The molecule has 0 spiro atoms. The van der Waals surface area contributed by atoms with Crippen LogP contribution in [-0.4, -0.2) is 16.1 Å². The van der Waals surface area contributed by atoms with Gasteiger partial charge in [-0.3, -0.25) is 0 Å². The van der Waals surface area contributed by atoms with Crippen molar-refractivity contribution in [3.8, 4) is 0 Å². The topological polar surface area (TPSA) is 9.23 Å². The Hall–Kier alpha value is 0.177. The second kappa shape index (κ2) is 4.42. The molecule has 2 heteroatoms. The zero-order valence-electron chi connectivity index (χ0n) is 8.73. The average Bonchev–Trinajstić information content (AvgIpc) is 2.18. The maximum absolute atomic E-state index is 5.77. The van der Waals surface area contributed by atoms with Crippen molar-refractivity contribution in [2.24, 2.45) is 5.92 Å². The van der Waals surface area contributed by atoms with E-state index < -0.39 is 0 Å². The minimum Gasteiger partial charge on any atom is -0.422 e. The Bertz CT molecular complexity index is 126. The lowest BCUT2D eigenvalue weighted by Gasteiger charge is -2.38. The second-order valence-corrected chi connectivity index (χ2v) is 4.61. The highest BCUT2D eigenvalue weighted by molar-refractivity contribution is 5.98. The van der Waals surface area contributed by atoms with E-state index in [0.717, 1.165) is 16.4 Å². The summed E-state index contributed by atoms with van der Waals surface area (Å²) in [6, 6.07) is 0. The molecular formula is C10H22OSi. The lowest BCUT2D eigenvalue weighted by atomic mass is 9.77. The van der Waals surface area contributed by atoms with Crippen molar-refractivity contribution < 1.29 is 4.43 Å². The minimum atomic E-state index is 0.215. The quantitative estimate of drug-likeness (QED) is 0.613. The summed E-state index contributed by atoms with van der Waals surface area (Å²) in [5.41, 5.74) is 0.215. The van der Waals surface area contributed by atoms with Crippen molar-refractivity contribution in [3.63, 3.8) is 0 Å². The molecule has 72 valence electrons. The summed E-state index contributed by atoms with van der Waals surface area (Å²) in [4.78, 5) is 0. The molecule has 0 N–H and O–H groups in total. The smallest absolute Gasteiger partial charge is 0.146 e. The van der Waals surface area contributed by atoms with E-state index in [2.05, 4.69) is 13.8 Å². The molecule has 1 aliphatic carbocycles. The van der Waals surface area contributed by atoms with Crippen LogP contribution in [0.5, 0.6) is 0 Å². The maximum Gasteiger partial charge on any atom is 0.146 e. The summed E-state index contributed by atoms with van der Waals surface area (Å²) < 4.78 is 5.77. The SMILES string of the molecule is CCC(C)(O[SiH3])C1CCCCC1. The van der Waals surface area contributed by atoms with E-state index in [9.17, 15) is 0 Å². The first-order valence-electron chi connectivity index (χ1n) is 5.28. The fraction of sp³-hybridized carbons (Fsp3) is 1.00. The molecule has 0 heterocycles. The molecule has 0 aliphatic heterocycles. The van der Waals surface area contributed by atoms with E-state index >= 15 is 0 Å². The van der Waals surface area contributed by atoms with Gasteiger partial charge in [-0.05, 0) is 32.1 Å². The Morgan fingerprint density at radius 2 is 1.92 bits per heavy atom. The average molecular weight is 186 g/mol. The van der Waals surface area contributed by atoms with E-state index in [1.54, 1.807) is 0 Å². The van der Waals surface area contributed by atoms with Crippen LogP contribution in [0.2, 0.25) is 0 Å². The van der Waals surface area contributed by atoms with Gasteiger partial charge in [0, 0.05) is 0 Å². The largest absolute Gasteiger partial charge is 0.422 e. The zero-order chi connectivity index (χ0) is 9.03. The van der Waals surface area contributed by atoms with E-state index in [1.165, 1.54) is 38.5 Å². The molecule has 1 saturated carbocycles. The molecule has 1 nitrogen and oxygen atoms in total. The zero-order valence-corrected chi connectivity index (χ0v) is 10.7. The molecule has 12 heavy (non-hydrogen) atoms. The number of hydrogen-bond acceptors (Lipinski definition) is 1. The summed E-state index contributed by atoms with van der Waals surface area (Å²) in [6.45, 7) is 4.56. The van der Waals surface area contributed by atoms with Crippen LogP contribution in [0.15, 0.2) is 0 Å². The molecule has 0 bridgehead atoms. The molecule has 1 atom stereocenters. The monoisotopic (exact) mass is 186 g/mol. The van der Waals surface area contributed by atoms with Crippen LogP contribution in [0.1, 0.15) is 52.4 Å². The summed E-state index contributed by atoms with van der Waals surface area (Å²) in [5, 5.41) is 0. The molecular weight excluding hydrogens is 164 g/mol. The Morgan fingerprint density at radius 3 is 2.33 bits per heavy atom. The molecule has 0 aromatic heterocycles. The minimum absolute atomic E-state index is 0.215. The molecule has 0 amide bonds. The fourth-order valence-corrected chi connectivity index (χ4v) is 2.93. The third kappa shape index (κ3) is 2.11. The second-order valence-electron chi connectivity index (χ2n) is 4.21. The van der Waals surface area contributed by atoms with E-state index in [0.29, 0.717) is 0 Å². The summed E-state index contributed by atoms with van der Waals surface area (Å²) in [6.07, 6.45) is 8.26. The first-order chi connectivity index (χ1) is 5.73. The Morgan fingerprint density at radius 1 is 1.33 bits per heavy atom. The lowest BCUT2D eigenvalue weighted by molar-refractivity contribution is 0.0120. The highest BCUT2D eigenvalue weighted by Gasteiger charge is 2.32. The molecule has 1 aliphatic rings. The van der Waals surface area contributed by atoms with Crippen LogP contribution >= 0.6 is 0 Å². The van der Waals surface area contributed by atoms with Gasteiger partial charge in [-0.15, -0.1) is 0 Å². The molecule has 0 saturated heterocycles. The van der Waals surface area contributed by atoms with Gasteiger partial charge < -0.3 is 4.43 Å². The third-order valence-corrected chi connectivity index (χ3v) is 4.57. The van der Waals surface area contributed by atoms with Gasteiger partial charge in [-0.1, -0.05) is 26.2 Å². The maximum atomic E-state index is 5.77. The van der Waals surface area contributed by atoms with Gasteiger partial charge in [-0.2, -0.15) is 0 Å². The molecule has 0 radical (unpaired) electrons. The predicted molar refractivity (Wildman–Crippen MR) is 56.3 cm³/mol.